The third-order valence-electron chi connectivity index (χ3n) is 3.31. The van der Waals surface area contributed by atoms with Crippen LogP contribution in [0.15, 0.2) is 0 Å². The normalized spacial score (nSPS) is 18.1. The van der Waals surface area contributed by atoms with E-state index < -0.39 is 0 Å². The van der Waals surface area contributed by atoms with Crippen molar-refractivity contribution in [1.82, 2.24) is 9.80 Å². The van der Waals surface area contributed by atoms with E-state index in [1.54, 1.807) is 0 Å². The van der Waals surface area contributed by atoms with Crippen molar-refractivity contribution in [2.75, 3.05) is 39.8 Å². The number of hydrogen-bond donors (Lipinski definition) is 1. The van der Waals surface area contributed by atoms with Crippen molar-refractivity contribution in [2.45, 2.75) is 26.7 Å². The van der Waals surface area contributed by atoms with Crippen molar-refractivity contribution in [3.63, 3.8) is 0 Å². The summed E-state index contributed by atoms with van der Waals surface area (Å²) in [5, 5.41) is 9.05. The molecule has 0 atom stereocenters. The third kappa shape index (κ3) is 5.04. The molecule has 100 valence electrons. The standard InChI is InChI=1S/C13H26N2O2/c1-11(2)8-14(3)9-13(17)15-6-4-12(10-16)5-7-15/h11-12,16H,4-10H2,1-3H3. The van der Waals surface area contributed by atoms with Crippen molar-refractivity contribution in [1.29, 1.82) is 0 Å². The van der Waals surface area contributed by atoms with Crippen molar-refractivity contribution in [2.24, 2.45) is 11.8 Å². The summed E-state index contributed by atoms with van der Waals surface area (Å²) in [6, 6.07) is 0. The highest BCUT2D eigenvalue weighted by atomic mass is 16.3. The molecule has 0 aliphatic carbocycles. The molecule has 1 rings (SSSR count). The molecule has 1 aliphatic rings. The number of aliphatic hydroxyl groups is 1. The van der Waals surface area contributed by atoms with Gasteiger partial charge in [-0.15, -0.1) is 0 Å². The maximum absolute atomic E-state index is 12.0. The summed E-state index contributed by atoms with van der Waals surface area (Å²) in [5.41, 5.74) is 0. The minimum absolute atomic E-state index is 0.226. The first-order valence-corrected chi connectivity index (χ1v) is 6.60. The highest BCUT2D eigenvalue weighted by molar-refractivity contribution is 5.78. The Kier molecular flexibility index (Phi) is 5.92. The Bertz CT molecular complexity index is 236. The van der Waals surface area contributed by atoms with Crippen LogP contribution in [0, 0.1) is 11.8 Å². The molecule has 0 aromatic carbocycles. The lowest BCUT2D eigenvalue weighted by molar-refractivity contribution is -0.133. The Morgan fingerprint density at radius 3 is 2.47 bits per heavy atom. The Hall–Kier alpha value is -0.610. The quantitative estimate of drug-likeness (QED) is 0.776. The number of piperidine rings is 1. The predicted octanol–water partition coefficient (Wildman–Crippen LogP) is 0.805. The molecular formula is C13H26N2O2. The van der Waals surface area contributed by atoms with Crippen molar-refractivity contribution in [3.8, 4) is 0 Å². The van der Waals surface area contributed by atoms with Gasteiger partial charge in [-0.05, 0) is 31.7 Å². The van der Waals surface area contributed by atoms with E-state index in [9.17, 15) is 4.79 Å². The Balaban J connectivity index is 2.29. The lowest BCUT2D eigenvalue weighted by Crippen LogP contribution is -2.44. The number of likely N-dealkylation sites (tertiary alicyclic amines) is 1. The number of amides is 1. The van der Waals surface area contributed by atoms with Gasteiger partial charge in [0.15, 0.2) is 0 Å². The molecule has 1 saturated heterocycles. The smallest absolute Gasteiger partial charge is 0.236 e. The molecule has 0 unspecified atom stereocenters. The molecule has 4 nitrogen and oxygen atoms in total. The van der Waals surface area contributed by atoms with Gasteiger partial charge in [0.25, 0.3) is 0 Å². The van der Waals surface area contributed by atoms with Gasteiger partial charge in [0.1, 0.15) is 0 Å². The molecule has 1 N–H and O–H groups in total. The maximum atomic E-state index is 12.0. The van der Waals surface area contributed by atoms with Crippen LogP contribution in [0.3, 0.4) is 0 Å². The van der Waals surface area contributed by atoms with Crippen LogP contribution in [0.5, 0.6) is 0 Å². The fourth-order valence-corrected chi connectivity index (χ4v) is 2.38. The maximum Gasteiger partial charge on any atom is 0.236 e. The van der Waals surface area contributed by atoms with Crippen molar-refractivity contribution < 1.29 is 9.90 Å². The van der Waals surface area contributed by atoms with Gasteiger partial charge in [-0.1, -0.05) is 13.8 Å². The molecule has 4 heteroatoms. The molecule has 1 aliphatic heterocycles. The highest BCUT2D eigenvalue weighted by Crippen LogP contribution is 2.16. The van der Waals surface area contributed by atoms with E-state index in [1.165, 1.54) is 0 Å². The molecule has 0 aromatic heterocycles. The molecule has 0 spiro atoms. The van der Waals surface area contributed by atoms with Gasteiger partial charge in [0.2, 0.25) is 5.91 Å². The Morgan fingerprint density at radius 2 is 2.00 bits per heavy atom. The lowest BCUT2D eigenvalue weighted by atomic mass is 9.98. The molecule has 1 amide bonds. The molecule has 0 aromatic rings. The predicted molar refractivity (Wildman–Crippen MR) is 68.7 cm³/mol. The number of likely N-dealkylation sites (N-methyl/N-ethyl adjacent to an activating group) is 1. The molecule has 0 saturated carbocycles. The van der Waals surface area contributed by atoms with Gasteiger partial charge in [0.05, 0.1) is 6.54 Å². The van der Waals surface area contributed by atoms with E-state index in [0.29, 0.717) is 18.4 Å². The average Bonchev–Trinajstić information content (AvgIpc) is 2.28. The zero-order chi connectivity index (χ0) is 12.8. The van der Waals surface area contributed by atoms with Gasteiger partial charge in [0, 0.05) is 26.2 Å². The summed E-state index contributed by atoms with van der Waals surface area (Å²) < 4.78 is 0. The minimum atomic E-state index is 0.226. The summed E-state index contributed by atoms with van der Waals surface area (Å²) in [6.07, 6.45) is 1.88. The zero-order valence-electron chi connectivity index (χ0n) is 11.4. The summed E-state index contributed by atoms with van der Waals surface area (Å²) in [7, 11) is 2.00. The largest absolute Gasteiger partial charge is 0.396 e. The number of carbonyl (C=O) groups excluding carboxylic acids is 1. The minimum Gasteiger partial charge on any atom is -0.396 e. The van der Waals surface area contributed by atoms with E-state index in [-0.39, 0.29) is 12.5 Å². The van der Waals surface area contributed by atoms with Crippen molar-refractivity contribution >= 4 is 5.91 Å². The second-order valence-corrected chi connectivity index (χ2v) is 5.60. The van der Waals surface area contributed by atoms with Gasteiger partial charge in [-0.25, -0.2) is 0 Å². The first-order valence-electron chi connectivity index (χ1n) is 6.60. The van der Waals surface area contributed by atoms with Gasteiger partial charge in [-0.2, -0.15) is 0 Å². The Labute approximate surface area is 105 Å². The topological polar surface area (TPSA) is 43.8 Å². The second-order valence-electron chi connectivity index (χ2n) is 5.60. The fraction of sp³-hybridized carbons (Fsp3) is 0.923. The van der Waals surface area contributed by atoms with Crippen LogP contribution >= 0.6 is 0 Å². The van der Waals surface area contributed by atoms with Gasteiger partial charge in [-0.3, -0.25) is 9.69 Å². The summed E-state index contributed by atoms with van der Waals surface area (Å²) in [6.45, 7) is 7.66. The van der Waals surface area contributed by atoms with Crippen molar-refractivity contribution in [3.05, 3.63) is 0 Å². The number of aliphatic hydroxyl groups excluding tert-OH is 1. The average molecular weight is 242 g/mol. The van der Waals surface area contributed by atoms with E-state index >= 15 is 0 Å². The van der Waals surface area contributed by atoms with Crippen LogP contribution in [0.25, 0.3) is 0 Å². The van der Waals surface area contributed by atoms with Gasteiger partial charge < -0.3 is 10.0 Å². The number of carbonyl (C=O) groups is 1. The number of hydrogen-bond acceptors (Lipinski definition) is 3. The molecular weight excluding hydrogens is 216 g/mol. The fourth-order valence-electron chi connectivity index (χ4n) is 2.38. The van der Waals surface area contributed by atoms with Gasteiger partial charge >= 0.3 is 0 Å². The van der Waals surface area contributed by atoms with Crippen LogP contribution in [0.2, 0.25) is 0 Å². The zero-order valence-corrected chi connectivity index (χ0v) is 11.4. The molecule has 0 bridgehead atoms. The number of rotatable bonds is 5. The van der Waals surface area contributed by atoms with Crippen LogP contribution in [0.4, 0.5) is 0 Å². The summed E-state index contributed by atoms with van der Waals surface area (Å²) >= 11 is 0. The Morgan fingerprint density at radius 1 is 1.41 bits per heavy atom. The van der Waals surface area contributed by atoms with E-state index in [1.807, 2.05) is 11.9 Å². The van der Waals surface area contributed by atoms with E-state index in [2.05, 4.69) is 18.7 Å². The second kappa shape index (κ2) is 6.97. The first-order chi connectivity index (χ1) is 8.02. The monoisotopic (exact) mass is 242 g/mol. The third-order valence-corrected chi connectivity index (χ3v) is 3.31. The van der Waals surface area contributed by atoms with Crippen LogP contribution in [0.1, 0.15) is 26.7 Å². The summed E-state index contributed by atoms with van der Waals surface area (Å²) in [4.78, 5) is 16.0. The summed E-state index contributed by atoms with van der Waals surface area (Å²) in [5.74, 6) is 1.21. The molecule has 1 heterocycles. The first kappa shape index (κ1) is 14.5. The van der Waals surface area contributed by atoms with E-state index in [4.69, 9.17) is 5.11 Å². The van der Waals surface area contributed by atoms with E-state index in [0.717, 1.165) is 32.5 Å². The SMILES string of the molecule is CC(C)CN(C)CC(=O)N1CCC(CO)CC1. The van der Waals surface area contributed by atoms with Crippen LogP contribution in [-0.2, 0) is 4.79 Å². The van der Waals surface area contributed by atoms with Crippen LogP contribution in [-0.4, -0.2) is 60.6 Å². The number of nitrogens with zero attached hydrogens (tertiary/aromatic N) is 2. The van der Waals surface area contributed by atoms with Crippen LogP contribution < -0.4 is 0 Å². The molecule has 0 radical (unpaired) electrons. The highest BCUT2D eigenvalue weighted by Gasteiger charge is 2.22. The molecule has 1 fully saturated rings. The molecule has 17 heavy (non-hydrogen) atoms. The lowest BCUT2D eigenvalue weighted by Gasteiger charge is -2.32.